The first kappa shape index (κ1) is 11.6. The summed E-state index contributed by atoms with van der Waals surface area (Å²) < 4.78 is 6.50. The summed E-state index contributed by atoms with van der Waals surface area (Å²) in [5, 5.41) is 9.59. The van der Waals surface area contributed by atoms with Crippen LogP contribution in [-0.2, 0) is 6.42 Å². The maximum Gasteiger partial charge on any atom is 0.160 e. The van der Waals surface area contributed by atoms with Crippen LogP contribution in [0.25, 0.3) is 0 Å². The number of ether oxygens (including phenoxy) is 1. The largest absolute Gasteiger partial charge is 0.504 e. The van der Waals surface area contributed by atoms with Gasteiger partial charge in [-0.05, 0) is 30.5 Å². The van der Waals surface area contributed by atoms with Crippen LogP contribution in [-0.4, -0.2) is 16.1 Å². The van der Waals surface area contributed by atoms with Gasteiger partial charge in [0.2, 0.25) is 0 Å². The molecule has 0 fully saturated rings. The summed E-state index contributed by atoms with van der Waals surface area (Å²) in [7, 11) is 0. The number of phenolic OH excluding ortho intramolecular Hbond substituents is 1. The summed E-state index contributed by atoms with van der Waals surface area (Å²) in [4.78, 5) is 0. The Labute approximate surface area is 98.4 Å². The highest BCUT2D eigenvalue weighted by Crippen LogP contribution is 2.26. The molecule has 0 heterocycles. The molecule has 0 unspecified atom stereocenters. The monoisotopic (exact) mass is 306 g/mol. The fourth-order valence-electron chi connectivity index (χ4n) is 1.14. The zero-order valence-corrected chi connectivity index (χ0v) is 10.5. The lowest BCUT2D eigenvalue weighted by atomic mass is 10.1. The van der Waals surface area contributed by atoms with E-state index in [-0.39, 0.29) is 5.75 Å². The molecule has 78 valence electrons. The smallest absolute Gasteiger partial charge is 0.160 e. The van der Waals surface area contributed by atoms with Crippen molar-refractivity contribution in [2.24, 2.45) is 0 Å². The molecule has 0 aliphatic heterocycles. The fourth-order valence-corrected chi connectivity index (χ4v) is 1.45. The molecule has 1 rings (SSSR count). The third kappa shape index (κ3) is 3.36. The first-order valence-electron chi connectivity index (χ1n) is 4.78. The third-order valence-electron chi connectivity index (χ3n) is 1.97. The number of alkyl halides is 1. The molecule has 0 saturated carbocycles. The lowest BCUT2D eigenvalue weighted by molar-refractivity contribution is 0.301. The van der Waals surface area contributed by atoms with Crippen LogP contribution in [0.2, 0.25) is 0 Å². The van der Waals surface area contributed by atoms with E-state index in [9.17, 15) is 5.11 Å². The van der Waals surface area contributed by atoms with E-state index >= 15 is 0 Å². The zero-order chi connectivity index (χ0) is 10.4. The van der Waals surface area contributed by atoms with Crippen LogP contribution < -0.4 is 4.74 Å². The number of phenols is 1. The van der Waals surface area contributed by atoms with E-state index in [1.165, 1.54) is 0 Å². The summed E-state index contributed by atoms with van der Waals surface area (Å²) >= 11 is 2.31. The van der Waals surface area contributed by atoms with Crippen molar-refractivity contribution in [1.29, 1.82) is 0 Å². The van der Waals surface area contributed by atoms with Crippen LogP contribution in [0.15, 0.2) is 18.2 Å². The average molecular weight is 306 g/mol. The average Bonchev–Trinajstić information content (AvgIpc) is 2.20. The summed E-state index contributed by atoms with van der Waals surface area (Å²) in [6.07, 6.45) is 1.94. The van der Waals surface area contributed by atoms with Crippen LogP contribution >= 0.6 is 22.6 Å². The Morgan fingerprint density at radius 1 is 1.43 bits per heavy atom. The number of hydrogen-bond donors (Lipinski definition) is 1. The van der Waals surface area contributed by atoms with Crippen molar-refractivity contribution in [3.05, 3.63) is 23.8 Å². The highest BCUT2D eigenvalue weighted by atomic mass is 127. The Morgan fingerprint density at radius 3 is 2.79 bits per heavy atom. The second-order valence-corrected chi connectivity index (χ2v) is 4.13. The van der Waals surface area contributed by atoms with E-state index in [2.05, 4.69) is 29.5 Å². The first-order chi connectivity index (χ1) is 6.77. The van der Waals surface area contributed by atoms with E-state index in [1.807, 2.05) is 12.1 Å². The molecule has 1 aromatic carbocycles. The maximum absolute atomic E-state index is 9.59. The van der Waals surface area contributed by atoms with Crippen LogP contribution in [0.3, 0.4) is 0 Å². The van der Waals surface area contributed by atoms with Gasteiger partial charge in [0.15, 0.2) is 11.5 Å². The molecule has 1 N–H and O–H groups in total. The minimum absolute atomic E-state index is 0.248. The molecule has 1 aromatic rings. The van der Waals surface area contributed by atoms with E-state index < -0.39 is 0 Å². The van der Waals surface area contributed by atoms with Crippen LogP contribution in [0, 0.1) is 0 Å². The van der Waals surface area contributed by atoms with Gasteiger partial charge in [-0.15, -0.1) is 0 Å². The second-order valence-electron chi connectivity index (χ2n) is 3.05. The van der Waals surface area contributed by atoms with Crippen molar-refractivity contribution in [3.63, 3.8) is 0 Å². The predicted molar refractivity (Wildman–Crippen MR) is 66.5 cm³/mol. The van der Waals surface area contributed by atoms with Crippen molar-refractivity contribution in [2.45, 2.75) is 19.8 Å². The third-order valence-corrected chi connectivity index (χ3v) is 2.73. The van der Waals surface area contributed by atoms with Crippen molar-refractivity contribution >= 4 is 22.6 Å². The number of rotatable bonds is 5. The van der Waals surface area contributed by atoms with Gasteiger partial charge in [0.25, 0.3) is 0 Å². The lowest BCUT2D eigenvalue weighted by Crippen LogP contribution is -1.98. The molecular formula is C11H15IO2. The molecule has 14 heavy (non-hydrogen) atoms. The van der Waals surface area contributed by atoms with Crippen LogP contribution in [0.5, 0.6) is 11.5 Å². The SMILES string of the molecule is CCc1ccc(OCCCI)c(O)c1. The predicted octanol–water partition coefficient (Wildman–Crippen LogP) is 3.16. The Kier molecular flexibility index (Phi) is 5.07. The molecule has 0 saturated heterocycles. The minimum Gasteiger partial charge on any atom is -0.504 e. The second kappa shape index (κ2) is 6.11. The van der Waals surface area contributed by atoms with E-state index in [0.717, 1.165) is 22.8 Å². The Hall–Kier alpha value is -0.450. The quantitative estimate of drug-likeness (QED) is 0.514. The standard InChI is InChI=1S/C11H15IO2/c1-2-9-4-5-11(10(13)8-9)14-7-3-6-12/h4-5,8,13H,2-3,6-7H2,1H3. The van der Waals surface area contributed by atoms with Crippen LogP contribution in [0.4, 0.5) is 0 Å². The van der Waals surface area contributed by atoms with Gasteiger partial charge in [-0.2, -0.15) is 0 Å². The van der Waals surface area contributed by atoms with Gasteiger partial charge < -0.3 is 9.84 Å². The molecule has 0 amide bonds. The molecule has 0 bridgehead atoms. The highest BCUT2D eigenvalue weighted by molar-refractivity contribution is 14.1. The van der Waals surface area contributed by atoms with Crippen molar-refractivity contribution in [1.82, 2.24) is 0 Å². The number of aryl methyl sites for hydroxylation is 1. The Morgan fingerprint density at radius 2 is 2.21 bits per heavy atom. The highest BCUT2D eigenvalue weighted by Gasteiger charge is 2.02. The zero-order valence-electron chi connectivity index (χ0n) is 8.29. The first-order valence-corrected chi connectivity index (χ1v) is 6.31. The van der Waals surface area contributed by atoms with Crippen molar-refractivity contribution < 1.29 is 9.84 Å². The summed E-state index contributed by atoms with van der Waals surface area (Å²) in [5.41, 5.74) is 1.13. The van der Waals surface area contributed by atoms with Gasteiger partial charge >= 0.3 is 0 Å². The number of aromatic hydroxyl groups is 1. The van der Waals surface area contributed by atoms with Gasteiger partial charge in [0.05, 0.1) is 6.61 Å². The molecule has 0 spiro atoms. The van der Waals surface area contributed by atoms with Gasteiger partial charge in [-0.1, -0.05) is 35.6 Å². The minimum atomic E-state index is 0.248. The summed E-state index contributed by atoms with van der Waals surface area (Å²) in [5.74, 6) is 0.838. The van der Waals surface area contributed by atoms with E-state index in [1.54, 1.807) is 6.07 Å². The molecule has 0 aliphatic rings. The normalized spacial score (nSPS) is 10.1. The van der Waals surface area contributed by atoms with Gasteiger partial charge in [0, 0.05) is 4.43 Å². The Balaban J connectivity index is 2.59. The summed E-state index contributed by atoms with van der Waals surface area (Å²) in [6, 6.07) is 5.58. The molecule has 0 radical (unpaired) electrons. The van der Waals surface area contributed by atoms with Crippen molar-refractivity contribution in [2.75, 3.05) is 11.0 Å². The fraction of sp³-hybridized carbons (Fsp3) is 0.455. The number of benzene rings is 1. The topological polar surface area (TPSA) is 29.5 Å². The van der Waals surface area contributed by atoms with Crippen LogP contribution in [0.1, 0.15) is 18.9 Å². The molecule has 0 aliphatic carbocycles. The molecule has 0 atom stereocenters. The molecule has 3 heteroatoms. The molecular weight excluding hydrogens is 291 g/mol. The maximum atomic E-state index is 9.59. The van der Waals surface area contributed by atoms with E-state index in [4.69, 9.17) is 4.74 Å². The van der Waals surface area contributed by atoms with Gasteiger partial charge in [-0.3, -0.25) is 0 Å². The van der Waals surface area contributed by atoms with E-state index in [0.29, 0.717) is 12.4 Å². The van der Waals surface area contributed by atoms with Gasteiger partial charge in [-0.25, -0.2) is 0 Å². The molecule has 2 nitrogen and oxygen atoms in total. The van der Waals surface area contributed by atoms with Crippen molar-refractivity contribution in [3.8, 4) is 11.5 Å². The van der Waals surface area contributed by atoms with Gasteiger partial charge in [0.1, 0.15) is 0 Å². The molecule has 0 aromatic heterocycles. The summed E-state index contributed by atoms with van der Waals surface area (Å²) in [6.45, 7) is 2.73. The Bertz CT molecular complexity index is 287. The number of halogens is 1. The lowest BCUT2D eigenvalue weighted by Gasteiger charge is -2.08. The number of hydrogen-bond acceptors (Lipinski definition) is 2.